The monoisotopic (exact) mass is 490 g/mol. The van der Waals surface area contributed by atoms with Crippen LogP contribution in [-0.2, 0) is 6.54 Å². The molecule has 2 rings (SSSR count). The highest BCUT2D eigenvalue weighted by molar-refractivity contribution is 14.0. The molecule has 154 valence electrons. The van der Waals surface area contributed by atoms with Crippen molar-refractivity contribution in [1.82, 2.24) is 15.5 Å². The minimum absolute atomic E-state index is 0. The molecule has 0 radical (unpaired) electrons. The Morgan fingerprint density at radius 3 is 2.56 bits per heavy atom. The van der Waals surface area contributed by atoms with Gasteiger partial charge in [0.25, 0.3) is 0 Å². The van der Waals surface area contributed by atoms with Gasteiger partial charge in [-0.05, 0) is 57.5 Å². The smallest absolute Gasteiger partial charge is 0.191 e. The van der Waals surface area contributed by atoms with Gasteiger partial charge in [0.05, 0.1) is 20.3 Å². The van der Waals surface area contributed by atoms with Crippen molar-refractivity contribution in [3.05, 3.63) is 23.8 Å². The molecular formula is C20H35IN4O2. The Bertz CT molecular complexity index is 563. The normalized spacial score (nSPS) is 15.0. The molecule has 1 saturated heterocycles. The molecule has 0 unspecified atom stereocenters. The number of hydrogen-bond donors (Lipinski definition) is 2. The van der Waals surface area contributed by atoms with E-state index in [4.69, 9.17) is 14.5 Å². The van der Waals surface area contributed by atoms with E-state index in [2.05, 4.69) is 22.5 Å². The number of piperidine rings is 1. The van der Waals surface area contributed by atoms with Crippen molar-refractivity contribution in [3.8, 4) is 11.5 Å². The van der Waals surface area contributed by atoms with Gasteiger partial charge in [0.1, 0.15) is 0 Å². The van der Waals surface area contributed by atoms with Gasteiger partial charge in [0, 0.05) is 19.6 Å². The molecule has 6 nitrogen and oxygen atoms in total. The third kappa shape index (κ3) is 8.55. The summed E-state index contributed by atoms with van der Waals surface area (Å²) < 4.78 is 11.0. The van der Waals surface area contributed by atoms with Gasteiger partial charge in [-0.15, -0.1) is 24.0 Å². The van der Waals surface area contributed by atoms with Crippen LogP contribution in [0.15, 0.2) is 23.2 Å². The maximum atomic E-state index is 5.57. The van der Waals surface area contributed by atoms with E-state index in [0.717, 1.165) is 42.7 Å². The number of aliphatic imine (C=N–C) groups is 1. The molecular weight excluding hydrogens is 455 g/mol. The zero-order valence-electron chi connectivity index (χ0n) is 16.9. The van der Waals surface area contributed by atoms with E-state index in [0.29, 0.717) is 13.2 Å². The SMILES string of the molecule is CCNC(=NCc1ccc(OCC)c(OC)c1)NCCN1CCCCC1.I. The third-order valence-electron chi connectivity index (χ3n) is 4.46. The number of likely N-dealkylation sites (tertiary alicyclic amines) is 1. The number of ether oxygens (including phenoxy) is 2. The van der Waals surface area contributed by atoms with Gasteiger partial charge in [-0.2, -0.15) is 0 Å². The van der Waals surface area contributed by atoms with E-state index in [9.17, 15) is 0 Å². The lowest BCUT2D eigenvalue weighted by Gasteiger charge is -2.26. The summed E-state index contributed by atoms with van der Waals surface area (Å²) in [7, 11) is 1.66. The fourth-order valence-electron chi connectivity index (χ4n) is 3.11. The maximum Gasteiger partial charge on any atom is 0.191 e. The van der Waals surface area contributed by atoms with Gasteiger partial charge < -0.3 is 25.0 Å². The van der Waals surface area contributed by atoms with Crippen LogP contribution in [0.5, 0.6) is 11.5 Å². The number of nitrogens with zero attached hydrogens (tertiary/aromatic N) is 2. The average molecular weight is 490 g/mol. The zero-order valence-corrected chi connectivity index (χ0v) is 19.3. The standard InChI is InChI=1S/C20H34N4O2.HI/c1-4-21-20(22-11-14-24-12-7-6-8-13-24)23-16-17-9-10-18(26-5-2)19(15-17)25-3;/h9-10,15H,4-8,11-14,16H2,1-3H3,(H2,21,22,23);1H. The van der Waals surface area contributed by atoms with Crippen LogP contribution in [0, 0.1) is 0 Å². The van der Waals surface area contributed by atoms with E-state index in [1.807, 2.05) is 25.1 Å². The molecule has 1 aromatic rings. The second-order valence-electron chi connectivity index (χ2n) is 6.44. The lowest BCUT2D eigenvalue weighted by atomic mass is 10.1. The van der Waals surface area contributed by atoms with Crippen LogP contribution in [0.1, 0.15) is 38.7 Å². The highest BCUT2D eigenvalue weighted by Gasteiger charge is 2.09. The number of rotatable bonds is 9. The summed E-state index contributed by atoms with van der Waals surface area (Å²) >= 11 is 0. The van der Waals surface area contributed by atoms with Crippen molar-refractivity contribution >= 4 is 29.9 Å². The van der Waals surface area contributed by atoms with Crippen molar-refractivity contribution < 1.29 is 9.47 Å². The van der Waals surface area contributed by atoms with Crippen LogP contribution in [-0.4, -0.2) is 57.3 Å². The Morgan fingerprint density at radius 2 is 1.89 bits per heavy atom. The minimum atomic E-state index is 0. The maximum absolute atomic E-state index is 5.57. The molecule has 0 atom stereocenters. The third-order valence-corrected chi connectivity index (χ3v) is 4.46. The van der Waals surface area contributed by atoms with Gasteiger partial charge in [-0.3, -0.25) is 0 Å². The lowest BCUT2D eigenvalue weighted by Crippen LogP contribution is -2.42. The Balaban J connectivity index is 0.00000364. The topological polar surface area (TPSA) is 58.1 Å². The first kappa shape index (κ1) is 23.8. The predicted octanol–water partition coefficient (Wildman–Crippen LogP) is 3.25. The van der Waals surface area contributed by atoms with E-state index >= 15 is 0 Å². The highest BCUT2D eigenvalue weighted by atomic mass is 127. The molecule has 0 amide bonds. The first-order chi connectivity index (χ1) is 12.8. The number of benzene rings is 1. The first-order valence-corrected chi connectivity index (χ1v) is 9.81. The van der Waals surface area contributed by atoms with Crippen LogP contribution in [0.25, 0.3) is 0 Å². The molecule has 0 saturated carbocycles. The zero-order chi connectivity index (χ0) is 18.6. The molecule has 1 aliphatic rings. The summed E-state index contributed by atoms with van der Waals surface area (Å²) in [6.45, 7) is 10.6. The molecule has 1 heterocycles. The number of halogens is 1. The predicted molar refractivity (Wildman–Crippen MR) is 123 cm³/mol. The molecule has 1 aliphatic heterocycles. The summed E-state index contributed by atoms with van der Waals surface area (Å²) in [5.41, 5.74) is 1.10. The van der Waals surface area contributed by atoms with Crippen molar-refractivity contribution in [2.45, 2.75) is 39.7 Å². The molecule has 27 heavy (non-hydrogen) atoms. The van der Waals surface area contributed by atoms with Crippen molar-refractivity contribution in [2.75, 3.05) is 46.4 Å². The highest BCUT2D eigenvalue weighted by Crippen LogP contribution is 2.28. The Labute approximate surface area is 181 Å². The number of hydrogen-bond acceptors (Lipinski definition) is 4. The van der Waals surface area contributed by atoms with Crippen LogP contribution in [0.3, 0.4) is 0 Å². The average Bonchev–Trinajstić information content (AvgIpc) is 2.68. The summed E-state index contributed by atoms with van der Waals surface area (Å²) in [5, 5.41) is 6.76. The van der Waals surface area contributed by atoms with Crippen LogP contribution < -0.4 is 20.1 Å². The molecule has 0 aromatic heterocycles. The Morgan fingerprint density at radius 1 is 1.11 bits per heavy atom. The van der Waals surface area contributed by atoms with E-state index < -0.39 is 0 Å². The minimum Gasteiger partial charge on any atom is -0.493 e. The van der Waals surface area contributed by atoms with Crippen LogP contribution in [0.4, 0.5) is 0 Å². The molecule has 1 fully saturated rings. The van der Waals surface area contributed by atoms with Crippen molar-refractivity contribution in [2.24, 2.45) is 4.99 Å². The van der Waals surface area contributed by atoms with Crippen LogP contribution >= 0.6 is 24.0 Å². The Hall–Kier alpha value is -1.22. The van der Waals surface area contributed by atoms with Gasteiger partial charge in [0.15, 0.2) is 17.5 Å². The molecule has 0 bridgehead atoms. The lowest BCUT2D eigenvalue weighted by molar-refractivity contribution is 0.232. The summed E-state index contributed by atoms with van der Waals surface area (Å²) in [5.74, 6) is 2.38. The van der Waals surface area contributed by atoms with Gasteiger partial charge >= 0.3 is 0 Å². The second-order valence-corrected chi connectivity index (χ2v) is 6.44. The fraction of sp³-hybridized carbons (Fsp3) is 0.650. The van der Waals surface area contributed by atoms with E-state index in [-0.39, 0.29) is 24.0 Å². The quantitative estimate of drug-likeness (QED) is 0.316. The van der Waals surface area contributed by atoms with Crippen molar-refractivity contribution in [3.63, 3.8) is 0 Å². The molecule has 1 aromatic carbocycles. The summed E-state index contributed by atoms with van der Waals surface area (Å²) in [6.07, 6.45) is 4.03. The van der Waals surface area contributed by atoms with E-state index in [1.54, 1.807) is 7.11 Å². The number of nitrogens with one attached hydrogen (secondary N) is 2. The second kappa shape index (κ2) is 13.9. The van der Waals surface area contributed by atoms with Gasteiger partial charge in [-0.1, -0.05) is 12.5 Å². The summed E-state index contributed by atoms with van der Waals surface area (Å²) in [6, 6.07) is 5.98. The van der Waals surface area contributed by atoms with Crippen molar-refractivity contribution in [1.29, 1.82) is 0 Å². The molecule has 0 spiro atoms. The Kier molecular flexibility index (Phi) is 12.2. The van der Waals surface area contributed by atoms with E-state index in [1.165, 1.54) is 32.4 Å². The summed E-state index contributed by atoms with van der Waals surface area (Å²) in [4.78, 5) is 7.22. The van der Waals surface area contributed by atoms with Gasteiger partial charge in [0.2, 0.25) is 0 Å². The van der Waals surface area contributed by atoms with Gasteiger partial charge in [-0.25, -0.2) is 4.99 Å². The van der Waals surface area contributed by atoms with Crippen LogP contribution in [0.2, 0.25) is 0 Å². The molecule has 7 heteroatoms. The fourth-order valence-corrected chi connectivity index (χ4v) is 3.11. The largest absolute Gasteiger partial charge is 0.493 e. The number of methoxy groups -OCH3 is 1. The number of guanidine groups is 1. The molecule has 2 N–H and O–H groups in total. The first-order valence-electron chi connectivity index (χ1n) is 9.81. The molecule has 0 aliphatic carbocycles.